The zero-order valence-electron chi connectivity index (χ0n) is 13.5. The van der Waals surface area contributed by atoms with Crippen LogP contribution in [0.2, 0.25) is 0 Å². The quantitative estimate of drug-likeness (QED) is 0.352. The number of fused-ring (bicyclic) bond motifs is 1. The van der Waals surface area contributed by atoms with Gasteiger partial charge < -0.3 is 15.4 Å². The molecule has 6 nitrogen and oxygen atoms in total. The minimum absolute atomic E-state index is 0. The molecule has 0 radical (unpaired) electrons. The molecule has 2 N–H and O–H groups in total. The van der Waals surface area contributed by atoms with Crippen LogP contribution in [-0.2, 0) is 13.1 Å². The highest BCUT2D eigenvalue weighted by atomic mass is 127. The fourth-order valence-corrected chi connectivity index (χ4v) is 3.00. The van der Waals surface area contributed by atoms with E-state index in [0.717, 1.165) is 27.9 Å². The third-order valence-corrected chi connectivity index (χ3v) is 4.21. The molecule has 3 aromatic rings. The van der Waals surface area contributed by atoms with E-state index in [-0.39, 0.29) is 24.0 Å². The monoisotopic (exact) mass is 457 g/mol. The van der Waals surface area contributed by atoms with E-state index in [2.05, 4.69) is 20.6 Å². The number of hydrogen-bond acceptors (Lipinski definition) is 4. The number of aromatic nitrogens is 2. The van der Waals surface area contributed by atoms with Crippen molar-refractivity contribution in [1.29, 1.82) is 0 Å². The van der Waals surface area contributed by atoms with Gasteiger partial charge in [-0.25, -0.2) is 4.98 Å². The number of halogens is 1. The molecule has 0 spiro atoms. The van der Waals surface area contributed by atoms with E-state index < -0.39 is 0 Å². The van der Waals surface area contributed by atoms with Gasteiger partial charge in [0.1, 0.15) is 5.75 Å². The SMILES string of the molecule is CN=C(NCc1cn2ccsc2n1)NCc1ccccc1OC.I. The lowest BCUT2D eigenvalue weighted by atomic mass is 10.2. The number of nitrogens with zero attached hydrogens (tertiary/aromatic N) is 3. The number of para-hydroxylation sites is 1. The number of guanidine groups is 1. The van der Waals surface area contributed by atoms with Crippen molar-refractivity contribution in [1.82, 2.24) is 20.0 Å². The largest absolute Gasteiger partial charge is 0.496 e. The van der Waals surface area contributed by atoms with Gasteiger partial charge in [0.25, 0.3) is 0 Å². The Morgan fingerprint density at radius 1 is 1.29 bits per heavy atom. The minimum Gasteiger partial charge on any atom is -0.496 e. The molecule has 0 saturated heterocycles. The van der Waals surface area contributed by atoms with Gasteiger partial charge in [0, 0.05) is 36.9 Å². The molecule has 3 rings (SSSR count). The van der Waals surface area contributed by atoms with E-state index in [4.69, 9.17) is 4.74 Å². The minimum atomic E-state index is 0. The predicted molar refractivity (Wildman–Crippen MR) is 109 cm³/mol. The Bertz CT molecular complexity index is 785. The van der Waals surface area contributed by atoms with Crippen LogP contribution in [0.5, 0.6) is 5.75 Å². The van der Waals surface area contributed by atoms with E-state index in [1.54, 1.807) is 25.5 Å². The fourth-order valence-electron chi connectivity index (χ4n) is 2.28. The highest BCUT2D eigenvalue weighted by Gasteiger charge is 2.05. The van der Waals surface area contributed by atoms with Crippen molar-refractivity contribution in [3.63, 3.8) is 0 Å². The first-order valence-electron chi connectivity index (χ1n) is 7.27. The lowest BCUT2D eigenvalue weighted by molar-refractivity contribution is 0.409. The number of nitrogens with one attached hydrogen (secondary N) is 2. The van der Waals surface area contributed by atoms with Gasteiger partial charge in [-0.15, -0.1) is 35.3 Å². The van der Waals surface area contributed by atoms with E-state index >= 15 is 0 Å². The second-order valence-electron chi connectivity index (χ2n) is 4.92. The molecule has 0 amide bonds. The summed E-state index contributed by atoms with van der Waals surface area (Å²) >= 11 is 1.62. The van der Waals surface area contributed by atoms with Gasteiger partial charge in [0.2, 0.25) is 0 Å². The lowest BCUT2D eigenvalue weighted by Gasteiger charge is -2.13. The number of ether oxygens (including phenoxy) is 1. The lowest BCUT2D eigenvalue weighted by Crippen LogP contribution is -2.36. The van der Waals surface area contributed by atoms with E-state index in [1.807, 2.05) is 46.4 Å². The maximum absolute atomic E-state index is 5.35. The molecule has 0 aliphatic carbocycles. The number of hydrogen-bond donors (Lipinski definition) is 2. The molecule has 0 bridgehead atoms. The molecule has 2 aromatic heterocycles. The Morgan fingerprint density at radius 2 is 2.08 bits per heavy atom. The Kier molecular flexibility index (Phi) is 6.85. The molecule has 128 valence electrons. The van der Waals surface area contributed by atoms with Crippen molar-refractivity contribution >= 4 is 46.2 Å². The highest BCUT2D eigenvalue weighted by Crippen LogP contribution is 2.16. The van der Waals surface area contributed by atoms with Crippen LogP contribution < -0.4 is 15.4 Å². The second kappa shape index (κ2) is 8.88. The van der Waals surface area contributed by atoms with E-state index in [1.165, 1.54) is 0 Å². The van der Waals surface area contributed by atoms with Crippen LogP contribution in [0.25, 0.3) is 4.96 Å². The third-order valence-electron chi connectivity index (χ3n) is 3.44. The van der Waals surface area contributed by atoms with Crippen molar-refractivity contribution < 1.29 is 4.74 Å². The van der Waals surface area contributed by atoms with Gasteiger partial charge in [0.15, 0.2) is 10.9 Å². The molecule has 0 aliphatic heterocycles. The molecule has 0 fully saturated rings. The van der Waals surface area contributed by atoms with E-state index in [9.17, 15) is 0 Å². The van der Waals surface area contributed by atoms with Gasteiger partial charge in [-0.3, -0.25) is 9.39 Å². The number of benzene rings is 1. The smallest absolute Gasteiger partial charge is 0.193 e. The third kappa shape index (κ3) is 4.38. The maximum atomic E-state index is 5.35. The molecule has 0 atom stereocenters. The summed E-state index contributed by atoms with van der Waals surface area (Å²) in [5, 5.41) is 8.58. The topological polar surface area (TPSA) is 63.0 Å². The van der Waals surface area contributed by atoms with Crippen LogP contribution >= 0.6 is 35.3 Å². The van der Waals surface area contributed by atoms with Crippen molar-refractivity contribution in [3.05, 3.63) is 53.3 Å². The average Bonchev–Trinajstić information content (AvgIpc) is 3.16. The van der Waals surface area contributed by atoms with E-state index in [0.29, 0.717) is 13.1 Å². The molecular weight excluding hydrogens is 437 g/mol. The van der Waals surface area contributed by atoms with Gasteiger partial charge >= 0.3 is 0 Å². The Labute approximate surface area is 162 Å². The van der Waals surface area contributed by atoms with Crippen LogP contribution in [-0.4, -0.2) is 29.5 Å². The summed E-state index contributed by atoms with van der Waals surface area (Å²) in [6, 6.07) is 7.93. The summed E-state index contributed by atoms with van der Waals surface area (Å²) in [5.41, 5.74) is 2.07. The highest BCUT2D eigenvalue weighted by molar-refractivity contribution is 14.0. The average molecular weight is 457 g/mol. The number of aliphatic imine (C=N–C) groups is 1. The summed E-state index contributed by atoms with van der Waals surface area (Å²) in [7, 11) is 3.43. The molecule has 8 heteroatoms. The zero-order valence-corrected chi connectivity index (χ0v) is 16.7. The molecule has 24 heavy (non-hydrogen) atoms. The van der Waals surface area contributed by atoms with Gasteiger partial charge in [-0.2, -0.15) is 0 Å². The van der Waals surface area contributed by atoms with Gasteiger partial charge in [0.05, 0.1) is 19.3 Å². The van der Waals surface area contributed by atoms with Crippen molar-refractivity contribution in [2.24, 2.45) is 4.99 Å². The normalized spacial score (nSPS) is 11.2. The number of rotatable bonds is 5. The summed E-state index contributed by atoms with van der Waals surface area (Å²) in [4.78, 5) is 9.78. The molecule has 2 heterocycles. The predicted octanol–water partition coefficient (Wildman–Crippen LogP) is 2.89. The summed E-state index contributed by atoms with van der Waals surface area (Å²) in [6.07, 6.45) is 4.03. The summed E-state index contributed by atoms with van der Waals surface area (Å²) < 4.78 is 7.37. The summed E-state index contributed by atoms with van der Waals surface area (Å²) in [5.74, 6) is 1.59. The van der Waals surface area contributed by atoms with Gasteiger partial charge in [-0.1, -0.05) is 18.2 Å². The molecule has 0 aliphatic rings. The van der Waals surface area contributed by atoms with Crippen molar-refractivity contribution in [2.45, 2.75) is 13.1 Å². The van der Waals surface area contributed by atoms with Gasteiger partial charge in [-0.05, 0) is 6.07 Å². The molecular formula is C16H20IN5OS. The maximum Gasteiger partial charge on any atom is 0.193 e. The molecule has 1 aromatic carbocycles. The Morgan fingerprint density at radius 3 is 2.83 bits per heavy atom. The first kappa shape index (κ1) is 18.5. The molecule has 0 saturated carbocycles. The van der Waals surface area contributed by atoms with Crippen LogP contribution in [0.1, 0.15) is 11.3 Å². The standard InChI is InChI=1S/C16H19N5OS.HI/c1-17-15(18-9-12-5-3-4-6-14(12)22-2)19-10-13-11-21-7-8-23-16(21)20-13;/h3-8,11H,9-10H2,1-2H3,(H2,17,18,19);1H. The number of thiazole rings is 1. The Balaban J connectivity index is 0.00000208. The van der Waals surface area contributed by atoms with Crippen LogP contribution in [0, 0.1) is 0 Å². The Hall–Kier alpha value is -1.81. The fraction of sp³-hybridized carbons (Fsp3) is 0.250. The van der Waals surface area contributed by atoms with Crippen LogP contribution in [0.4, 0.5) is 0 Å². The first-order chi connectivity index (χ1) is 11.3. The first-order valence-corrected chi connectivity index (χ1v) is 8.15. The van der Waals surface area contributed by atoms with Crippen LogP contribution in [0.15, 0.2) is 47.0 Å². The number of imidazole rings is 1. The second-order valence-corrected chi connectivity index (χ2v) is 5.79. The molecule has 0 unspecified atom stereocenters. The van der Waals surface area contributed by atoms with Crippen molar-refractivity contribution in [2.75, 3.05) is 14.2 Å². The van der Waals surface area contributed by atoms with Crippen LogP contribution in [0.3, 0.4) is 0 Å². The summed E-state index contributed by atoms with van der Waals surface area (Å²) in [6.45, 7) is 1.27. The number of methoxy groups -OCH3 is 1. The zero-order chi connectivity index (χ0) is 16.1. The van der Waals surface area contributed by atoms with Crippen molar-refractivity contribution in [3.8, 4) is 5.75 Å².